The lowest BCUT2D eigenvalue weighted by atomic mass is 9.99. The first-order valence-corrected chi connectivity index (χ1v) is 7.23. The predicted molar refractivity (Wildman–Crippen MR) is 75.0 cm³/mol. The number of nitrogens with zero attached hydrogens (tertiary/aromatic N) is 1. The normalized spacial score (nSPS) is 26.0. The second-order valence-corrected chi connectivity index (χ2v) is 5.60. The topological polar surface area (TPSA) is 61.4 Å². The van der Waals surface area contributed by atoms with Crippen LogP contribution in [0, 0.1) is 11.7 Å². The Morgan fingerprint density at radius 1 is 1.24 bits per heavy atom. The number of rotatable bonds is 3. The molecule has 0 saturated carbocycles. The molecule has 6 heteroatoms. The third-order valence-electron chi connectivity index (χ3n) is 4.07. The van der Waals surface area contributed by atoms with Gasteiger partial charge in [0.15, 0.2) is 0 Å². The largest absolute Gasteiger partial charge is 0.325 e. The summed E-state index contributed by atoms with van der Waals surface area (Å²) in [6.45, 7) is 2.27. The Bertz CT molecular complexity index is 540. The highest BCUT2D eigenvalue weighted by Crippen LogP contribution is 2.24. The molecular weight excluding hydrogens is 273 g/mol. The molecule has 3 rings (SSSR count). The number of halogens is 1. The molecule has 0 aromatic heterocycles. The number of hydrogen-bond donors (Lipinski definition) is 2. The number of piperidine rings is 1. The summed E-state index contributed by atoms with van der Waals surface area (Å²) in [4.78, 5) is 25.7. The minimum Gasteiger partial charge on any atom is -0.322 e. The van der Waals surface area contributed by atoms with Crippen molar-refractivity contribution in [1.82, 2.24) is 15.5 Å². The van der Waals surface area contributed by atoms with Crippen molar-refractivity contribution in [3.8, 4) is 0 Å². The summed E-state index contributed by atoms with van der Waals surface area (Å²) in [5.41, 5.74) is 0.610. The highest BCUT2D eigenvalue weighted by Gasteiger charge is 2.39. The van der Waals surface area contributed by atoms with Gasteiger partial charge in [-0.05, 0) is 49.5 Å². The smallest absolute Gasteiger partial charge is 0.322 e. The van der Waals surface area contributed by atoms with Gasteiger partial charge >= 0.3 is 6.03 Å². The van der Waals surface area contributed by atoms with Crippen LogP contribution >= 0.6 is 0 Å². The van der Waals surface area contributed by atoms with Crippen LogP contribution < -0.4 is 10.6 Å². The second-order valence-electron chi connectivity index (χ2n) is 5.60. The summed E-state index contributed by atoms with van der Waals surface area (Å²) in [6.07, 6.45) is 2.08. The fourth-order valence-electron chi connectivity index (χ4n) is 2.91. The standard InChI is InChI=1S/C15H18FN3O2/c16-12-5-3-11(4-6-12)13-14(20)19(15(21)18-13)9-10-2-1-7-17-8-10/h3-6,10,13,17H,1-2,7-9H2,(H,18,21). The van der Waals surface area contributed by atoms with E-state index >= 15 is 0 Å². The summed E-state index contributed by atoms with van der Waals surface area (Å²) < 4.78 is 12.9. The first-order valence-electron chi connectivity index (χ1n) is 7.23. The van der Waals surface area contributed by atoms with Gasteiger partial charge in [-0.3, -0.25) is 9.69 Å². The van der Waals surface area contributed by atoms with E-state index in [4.69, 9.17) is 0 Å². The van der Waals surface area contributed by atoms with Gasteiger partial charge in [0.25, 0.3) is 5.91 Å². The zero-order valence-electron chi connectivity index (χ0n) is 11.6. The molecule has 2 saturated heterocycles. The van der Waals surface area contributed by atoms with Crippen molar-refractivity contribution in [3.63, 3.8) is 0 Å². The monoisotopic (exact) mass is 291 g/mol. The molecule has 2 fully saturated rings. The predicted octanol–water partition coefficient (Wildman–Crippen LogP) is 1.42. The van der Waals surface area contributed by atoms with Gasteiger partial charge in [-0.1, -0.05) is 12.1 Å². The van der Waals surface area contributed by atoms with Crippen molar-refractivity contribution in [2.24, 2.45) is 5.92 Å². The Labute approximate surface area is 122 Å². The Balaban J connectivity index is 1.71. The Morgan fingerprint density at radius 3 is 2.67 bits per heavy atom. The zero-order valence-corrected chi connectivity index (χ0v) is 11.6. The maximum atomic E-state index is 12.9. The number of hydrogen-bond acceptors (Lipinski definition) is 3. The lowest BCUT2D eigenvalue weighted by Gasteiger charge is -2.25. The Hall–Kier alpha value is -1.95. The molecule has 2 heterocycles. The first-order chi connectivity index (χ1) is 10.1. The van der Waals surface area contributed by atoms with E-state index in [1.165, 1.54) is 29.2 Å². The van der Waals surface area contributed by atoms with Crippen molar-refractivity contribution in [2.45, 2.75) is 18.9 Å². The van der Waals surface area contributed by atoms with E-state index in [1.807, 2.05) is 0 Å². The van der Waals surface area contributed by atoms with Crippen molar-refractivity contribution in [1.29, 1.82) is 0 Å². The molecule has 2 aliphatic rings. The lowest BCUT2D eigenvalue weighted by molar-refractivity contribution is -0.128. The molecule has 0 bridgehead atoms. The molecular formula is C15H18FN3O2. The molecule has 0 spiro atoms. The SMILES string of the molecule is O=C1NC(c2ccc(F)cc2)C(=O)N1CC1CCCNC1. The third kappa shape index (κ3) is 2.90. The minimum atomic E-state index is -0.699. The molecule has 2 aliphatic heterocycles. The Kier molecular flexibility index (Phi) is 3.88. The van der Waals surface area contributed by atoms with Gasteiger partial charge in [-0.15, -0.1) is 0 Å². The number of nitrogens with one attached hydrogen (secondary N) is 2. The van der Waals surface area contributed by atoms with Gasteiger partial charge in [-0.25, -0.2) is 9.18 Å². The van der Waals surface area contributed by atoms with Crippen molar-refractivity contribution >= 4 is 11.9 Å². The van der Waals surface area contributed by atoms with Crippen LogP contribution in [-0.2, 0) is 4.79 Å². The molecule has 1 aromatic carbocycles. The zero-order chi connectivity index (χ0) is 14.8. The van der Waals surface area contributed by atoms with Gasteiger partial charge in [0.1, 0.15) is 11.9 Å². The third-order valence-corrected chi connectivity index (χ3v) is 4.07. The molecule has 2 N–H and O–H groups in total. The van der Waals surface area contributed by atoms with E-state index in [-0.39, 0.29) is 17.8 Å². The van der Waals surface area contributed by atoms with Crippen LogP contribution in [0.3, 0.4) is 0 Å². The van der Waals surface area contributed by atoms with Crippen LogP contribution in [0.2, 0.25) is 0 Å². The molecule has 5 nitrogen and oxygen atoms in total. The van der Waals surface area contributed by atoms with Crippen LogP contribution in [0.25, 0.3) is 0 Å². The van der Waals surface area contributed by atoms with Gasteiger partial charge < -0.3 is 10.6 Å². The highest BCUT2D eigenvalue weighted by atomic mass is 19.1. The summed E-state index contributed by atoms with van der Waals surface area (Å²) in [5, 5.41) is 5.95. The minimum absolute atomic E-state index is 0.253. The number of amides is 3. The van der Waals surface area contributed by atoms with Crippen LogP contribution in [0.4, 0.5) is 9.18 Å². The summed E-state index contributed by atoms with van der Waals surface area (Å²) in [5.74, 6) is -0.307. The molecule has 3 amide bonds. The first kappa shape index (κ1) is 14.0. The van der Waals surface area contributed by atoms with Gasteiger partial charge in [0, 0.05) is 6.54 Å². The summed E-state index contributed by atoms with van der Waals surface area (Å²) in [6, 6.07) is 4.59. The Morgan fingerprint density at radius 2 is 2.00 bits per heavy atom. The maximum absolute atomic E-state index is 12.9. The van der Waals surface area contributed by atoms with Crippen LogP contribution in [0.5, 0.6) is 0 Å². The van der Waals surface area contributed by atoms with Gasteiger partial charge in [0.2, 0.25) is 0 Å². The van der Waals surface area contributed by atoms with Crippen LogP contribution in [-0.4, -0.2) is 36.5 Å². The molecule has 21 heavy (non-hydrogen) atoms. The van der Waals surface area contributed by atoms with E-state index in [9.17, 15) is 14.0 Å². The van der Waals surface area contributed by atoms with E-state index in [1.54, 1.807) is 0 Å². The average Bonchev–Trinajstić information content (AvgIpc) is 2.77. The van der Waals surface area contributed by atoms with Crippen LogP contribution in [0.1, 0.15) is 24.4 Å². The second kappa shape index (κ2) is 5.81. The lowest BCUT2D eigenvalue weighted by Crippen LogP contribution is -2.41. The fraction of sp³-hybridized carbons (Fsp3) is 0.467. The van der Waals surface area contributed by atoms with Gasteiger partial charge in [-0.2, -0.15) is 0 Å². The maximum Gasteiger partial charge on any atom is 0.325 e. The number of imide groups is 1. The number of carbonyl (C=O) groups excluding carboxylic acids is 2. The number of benzene rings is 1. The van der Waals surface area contributed by atoms with E-state index in [0.717, 1.165) is 25.9 Å². The number of urea groups is 1. The van der Waals surface area contributed by atoms with Crippen molar-refractivity contribution < 1.29 is 14.0 Å². The van der Waals surface area contributed by atoms with Crippen LogP contribution in [0.15, 0.2) is 24.3 Å². The quantitative estimate of drug-likeness (QED) is 0.828. The molecule has 2 atom stereocenters. The molecule has 0 aliphatic carbocycles. The average molecular weight is 291 g/mol. The molecule has 0 radical (unpaired) electrons. The van der Waals surface area contributed by atoms with Crippen molar-refractivity contribution in [3.05, 3.63) is 35.6 Å². The fourth-order valence-corrected chi connectivity index (χ4v) is 2.91. The van der Waals surface area contributed by atoms with Gasteiger partial charge in [0.05, 0.1) is 0 Å². The number of carbonyl (C=O) groups is 2. The summed E-state index contributed by atoms with van der Waals surface area (Å²) in [7, 11) is 0. The molecule has 2 unspecified atom stereocenters. The van der Waals surface area contributed by atoms with E-state index in [0.29, 0.717) is 18.0 Å². The summed E-state index contributed by atoms with van der Waals surface area (Å²) >= 11 is 0. The highest BCUT2D eigenvalue weighted by molar-refractivity contribution is 6.04. The van der Waals surface area contributed by atoms with E-state index in [2.05, 4.69) is 10.6 Å². The molecule has 1 aromatic rings. The van der Waals surface area contributed by atoms with E-state index < -0.39 is 6.04 Å². The molecule has 112 valence electrons. The van der Waals surface area contributed by atoms with Crippen molar-refractivity contribution in [2.75, 3.05) is 19.6 Å².